The van der Waals surface area contributed by atoms with Gasteiger partial charge in [0.25, 0.3) is 0 Å². The van der Waals surface area contributed by atoms with E-state index in [0.717, 1.165) is 16.5 Å². The van der Waals surface area contributed by atoms with Crippen LogP contribution in [0.25, 0.3) is 0 Å². The molecule has 3 heteroatoms. The Balaban J connectivity index is 0.000000234. The predicted octanol–water partition coefficient (Wildman–Crippen LogP) is 8.05. The Morgan fingerprint density at radius 3 is 2.03 bits per heavy atom. The molecule has 0 aliphatic carbocycles. The monoisotopic (exact) mass is 403 g/mol. The van der Waals surface area contributed by atoms with E-state index < -0.39 is 0 Å². The molecule has 0 radical (unpaired) electrons. The topological polar surface area (TPSA) is 21.6 Å². The summed E-state index contributed by atoms with van der Waals surface area (Å²) in [7, 11) is 0. The first-order valence-corrected chi connectivity index (χ1v) is 10.5. The predicted molar refractivity (Wildman–Crippen MR) is 128 cm³/mol. The van der Waals surface area contributed by atoms with Crippen LogP contribution < -0.4 is 4.74 Å². The zero-order valence-electron chi connectivity index (χ0n) is 17.8. The van der Waals surface area contributed by atoms with Gasteiger partial charge in [0.2, 0.25) is 0 Å². The van der Waals surface area contributed by atoms with Gasteiger partial charge in [0, 0.05) is 4.90 Å². The molecule has 150 valence electrons. The SMILES string of the molecule is CC(=Nc1ccc(C)cc1)Sc1cccc(C)c1.CC=COc1ccc(C)cc1. The lowest BCUT2D eigenvalue weighted by Gasteiger charge is -2.02. The molecule has 0 fully saturated rings. The van der Waals surface area contributed by atoms with Crippen molar-refractivity contribution in [2.45, 2.75) is 39.5 Å². The highest BCUT2D eigenvalue weighted by molar-refractivity contribution is 8.13. The second-order valence-corrected chi connectivity index (χ2v) is 8.05. The fourth-order valence-corrected chi connectivity index (χ4v) is 3.32. The summed E-state index contributed by atoms with van der Waals surface area (Å²) >= 11 is 1.71. The maximum absolute atomic E-state index is 5.23. The summed E-state index contributed by atoms with van der Waals surface area (Å²) in [4.78, 5) is 5.84. The molecule has 0 aromatic heterocycles. The van der Waals surface area contributed by atoms with Crippen LogP contribution in [-0.2, 0) is 0 Å². The van der Waals surface area contributed by atoms with Crippen molar-refractivity contribution in [3.63, 3.8) is 0 Å². The molecule has 0 amide bonds. The van der Waals surface area contributed by atoms with Crippen LogP contribution >= 0.6 is 11.8 Å². The minimum absolute atomic E-state index is 0.883. The number of nitrogens with zero attached hydrogens (tertiary/aromatic N) is 1. The lowest BCUT2D eigenvalue weighted by atomic mass is 10.2. The van der Waals surface area contributed by atoms with E-state index in [1.807, 2.05) is 44.2 Å². The van der Waals surface area contributed by atoms with Crippen molar-refractivity contribution in [3.8, 4) is 5.75 Å². The highest BCUT2D eigenvalue weighted by Crippen LogP contribution is 2.23. The Hall–Kier alpha value is -2.78. The van der Waals surface area contributed by atoms with Crippen LogP contribution in [-0.4, -0.2) is 5.04 Å². The Kier molecular flexibility index (Phi) is 9.26. The van der Waals surface area contributed by atoms with Crippen LogP contribution in [0.4, 0.5) is 5.69 Å². The normalized spacial score (nSPS) is 11.1. The summed E-state index contributed by atoms with van der Waals surface area (Å²) in [5.74, 6) is 0.883. The van der Waals surface area contributed by atoms with Crippen LogP contribution in [0.3, 0.4) is 0 Å². The van der Waals surface area contributed by atoms with E-state index in [1.165, 1.54) is 21.6 Å². The molecule has 0 N–H and O–H groups in total. The van der Waals surface area contributed by atoms with E-state index in [4.69, 9.17) is 4.74 Å². The molecule has 0 aliphatic rings. The number of ether oxygens (including phenoxy) is 1. The van der Waals surface area contributed by atoms with E-state index in [9.17, 15) is 0 Å². The Morgan fingerprint density at radius 1 is 0.828 bits per heavy atom. The number of aliphatic imine (C=N–C) groups is 1. The maximum Gasteiger partial charge on any atom is 0.126 e. The quantitative estimate of drug-likeness (QED) is 0.190. The van der Waals surface area contributed by atoms with E-state index >= 15 is 0 Å². The third-order valence-corrected chi connectivity index (χ3v) is 4.81. The molecule has 29 heavy (non-hydrogen) atoms. The average Bonchev–Trinajstić information content (AvgIpc) is 2.70. The van der Waals surface area contributed by atoms with Crippen molar-refractivity contribution in [2.75, 3.05) is 0 Å². The Morgan fingerprint density at radius 2 is 1.45 bits per heavy atom. The first kappa shape index (κ1) is 22.5. The van der Waals surface area contributed by atoms with Gasteiger partial charge in [0.1, 0.15) is 5.75 Å². The molecule has 0 saturated heterocycles. The number of hydrogen-bond donors (Lipinski definition) is 0. The fraction of sp³-hybridized carbons (Fsp3) is 0.192. The van der Waals surface area contributed by atoms with Gasteiger partial charge in [0.15, 0.2) is 0 Å². The Bertz CT molecular complexity index is 941. The van der Waals surface area contributed by atoms with Crippen molar-refractivity contribution >= 4 is 22.5 Å². The molecule has 3 aromatic rings. The summed E-state index contributed by atoms with van der Waals surface area (Å²) < 4.78 is 5.23. The highest BCUT2D eigenvalue weighted by Gasteiger charge is 1.98. The first-order chi connectivity index (χ1) is 14.0. The van der Waals surface area contributed by atoms with Gasteiger partial charge in [-0.25, -0.2) is 4.99 Å². The summed E-state index contributed by atoms with van der Waals surface area (Å²) in [6.45, 7) is 10.2. The molecule has 0 atom stereocenters. The van der Waals surface area contributed by atoms with E-state index in [2.05, 4.69) is 74.3 Å². The Labute approximate surface area is 179 Å². The van der Waals surface area contributed by atoms with Gasteiger partial charge < -0.3 is 4.74 Å². The number of benzene rings is 3. The molecule has 0 spiro atoms. The molecule has 3 rings (SSSR count). The lowest BCUT2D eigenvalue weighted by Crippen LogP contribution is -1.84. The van der Waals surface area contributed by atoms with Crippen molar-refractivity contribution in [3.05, 3.63) is 102 Å². The summed E-state index contributed by atoms with van der Waals surface area (Å²) in [6.07, 6.45) is 3.53. The fourth-order valence-electron chi connectivity index (χ4n) is 2.44. The van der Waals surface area contributed by atoms with Crippen LogP contribution in [0.2, 0.25) is 0 Å². The van der Waals surface area contributed by atoms with Gasteiger partial charge in [-0.15, -0.1) is 0 Å². The number of hydrogen-bond acceptors (Lipinski definition) is 3. The van der Waals surface area contributed by atoms with Gasteiger partial charge in [-0.05, 0) is 71.0 Å². The van der Waals surface area contributed by atoms with Gasteiger partial charge in [-0.2, -0.15) is 0 Å². The second kappa shape index (κ2) is 11.9. The third-order valence-electron chi connectivity index (χ3n) is 3.94. The van der Waals surface area contributed by atoms with Gasteiger partial charge in [-0.3, -0.25) is 0 Å². The molecular weight excluding hydrogens is 374 g/mol. The minimum atomic E-state index is 0.883. The summed E-state index contributed by atoms with van der Waals surface area (Å²) in [5, 5.41) is 1.06. The van der Waals surface area contributed by atoms with E-state index in [0.29, 0.717) is 0 Å². The molecule has 0 unspecified atom stereocenters. The van der Waals surface area contributed by atoms with Crippen LogP contribution in [0.5, 0.6) is 5.75 Å². The zero-order valence-corrected chi connectivity index (χ0v) is 18.7. The van der Waals surface area contributed by atoms with E-state index in [1.54, 1.807) is 18.0 Å². The molecular formula is C26H29NOS. The molecule has 0 bridgehead atoms. The second-order valence-electron chi connectivity index (χ2n) is 6.79. The van der Waals surface area contributed by atoms with Crippen LogP contribution in [0.15, 0.2) is 95.0 Å². The largest absolute Gasteiger partial charge is 0.465 e. The standard InChI is InChI=1S/C16H17NS.C10H12O/c1-12-7-9-15(10-8-12)17-14(3)18-16-6-4-5-13(2)11-16;1-3-8-11-10-6-4-9(2)5-7-10/h4-11H,1-3H3;3-8H,1-2H3. The zero-order chi connectivity index (χ0) is 21.1. The van der Waals surface area contributed by atoms with Gasteiger partial charge in [0.05, 0.1) is 17.0 Å². The van der Waals surface area contributed by atoms with Gasteiger partial charge >= 0.3 is 0 Å². The average molecular weight is 404 g/mol. The number of thioether (sulfide) groups is 1. The van der Waals surface area contributed by atoms with Crippen LogP contribution in [0.1, 0.15) is 30.5 Å². The number of allylic oxidation sites excluding steroid dienone is 1. The summed E-state index contributed by atoms with van der Waals surface area (Å²) in [6, 6.07) is 24.7. The third kappa shape index (κ3) is 8.84. The molecule has 2 nitrogen and oxygen atoms in total. The van der Waals surface area contributed by atoms with Crippen molar-refractivity contribution in [1.82, 2.24) is 0 Å². The maximum atomic E-state index is 5.23. The molecule has 0 heterocycles. The van der Waals surface area contributed by atoms with Crippen molar-refractivity contribution in [1.29, 1.82) is 0 Å². The smallest absolute Gasteiger partial charge is 0.126 e. The molecule has 0 aliphatic heterocycles. The molecule has 0 saturated carbocycles. The lowest BCUT2D eigenvalue weighted by molar-refractivity contribution is 0.480. The number of rotatable bonds is 4. The first-order valence-electron chi connectivity index (χ1n) is 9.67. The van der Waals surface area contributed by atoms with Crippen LogP contribution in [0, 0.1) is 20.8 Å². The molecule has 3 aromatic carbocycles. The highest BCUT2D eigenvalue weighted by atomic mass is 32.2. The minimum Gasteiger partial charge on any atom is -0.465 e. The number of aryl methyl sites for hydroxylation is 3. The van der Waals surface area contributed by atoms with Crippen molar-refractivity contribution < 1.29 is 4.74 Å². The van der Waals surface area contributed by atoms with Gasteiger partial charge in [-0.1, -0.05) is 70.9 Å². The van der Waals surface area contributed by atoms with Crippen molar-refractivity contribution in [2.24, 2.45) is 4.99 Å². The van der Waals surface area contributed by atoms with E-state index in [-0.39, 0.29) is 0 Å². The summed E-state index contributed by atoms with van der Waals surface area (Å²) in [5.41, 5.74) is 4.80.